The minimum atomic E-state index is -4.78. The van der Waals surface area contributed by atoms with Crippen LogP contribution >= 0.6 is 11.6 Å². The third kappa shape index (κ3) is 4.15. The topological polar surface area (TPSA) is 66.7 Å². The molecule has 1 aromatic rings. The second kappa shape index (κ2) is 7.07. The first-order valence-electron chi connectivity index (χ1n) is 7.61. The van der Waals surface area contributed by atoms with Gasteiger partial charge in [0, 0.05) is 38.2 Å². The predicted octanol–water partition coefficient (Wildman–Crippen LogP) is 3.57. The number of nitrogens with zero attached hydrogens (tertiary/aromatic N) is 3. The van der Waals surface area contributed by atoms with Crippen molar-refractivity contribution in [1.29, 1.82) is 0 Å². The average molecular weight is 380 g/mol. The van der Waals surface area contributed by atoms with Gasteiger partial charge in [-0.25, -0.2) is 0 Å². The lowest BCUT2D eigenvalue weighted by atomic mass is 10.1. The quantitative estimate of drug-likeness (QED) is 0.594. The first-order chi connectivity index (χ1) is 11.5. The van der Waals surface area contributed by atoms with E-state index in [1.807, 2.05) is 0 Å². The lowest BCUT2D eigenvalue weighted by Gasteiger charge is -2.36. The van der Waals surface area contributed by atoms with Crippen LogP contribution in [0, 0.1) is 16.0 Å². The van der Waals surface area contributed by atoms with E-state index in [0.29, 0.717) is 19.2 Å². The van der Waals surface area contributed by atoms with Crippen molar-refractivity contribution in [2.45, 2.75) is 20.0 Å². The van der Waals surface area contributed by atoms with E-state index < -0.39 is 27.4 Å². The standard InChI is InChI=1S/C15H17ClF3N3O3/c1-9(2)14(23)21-5-3-20(4-6-21)12-8-11(16)10(15(17,18)19)7-13(12)22(24)25/h7-9H,3-6H2,1-2H3. The number of halogens is 4. The van der Waals surface area contributed by atoms with Crippen molar-refractivity contribution in [1.82, 2.24) is 4.90 Å². The van der Waals surface area contributed by atoms with Gasteiger partial charge in [0.15, 0.2) is 0 Å². The number of hydrogen-bond acceptors (Lipinski definition) is 4. The molecule has 0 aliphatic carbocycles. The van der Waals surface area contributed by atoms with Crippen LogP contribution in [0.25, 0.3) is 0 Å². The van der Waals surface area contributed by atoms with Crippen LogP contribution in [-0.4, -0.2) is 41.9 Å². The summed E-state index contributed by atoms with van der Waals surface area (Å²) in [6.45, 7) is 4.78. The Balaban J connectivity index is 2.30. The molecule has 0 atom stereocenters. The Morgan fingerprint density at radius 2 is 1.80 bits per heavy atom. The second-order valence-corrected chi connectivity index (χ2v) is 6.45. The summed E-state index contributed by atoms with van der Waals surface area (Å²) in [7, 11) is 0. The molecule has 6 nitrogen and oxygen atoms in total. The minimum Gasteiger partial charge on any atom is -0.362 e. The first kappa shape index (κ1) is 19.3. The van der Waals surface area contributed by atoms with E-state index in [4.69, 9.17) is 11.6 Å². The molecule has 0 spiro atoms. The van der Waals surface area contributed by atoms with Crippen LogP contribution in [0.2, 0.25) is 5.02 Å². The molecule has 0 radical (unpaired) electrons. The lowest BCUT2D eigenvalue weighted by molar-refractivity contribution is -0.384. The number of piperazine rings is 1. The van der Waals surface area contributed by atoms with Crippen molar-refractivity contribution >= 4 is 28.9 Å². The molecule has 0 bridgehead atoms. The largest absolute Gasteiger partial charge is 0.418 e. The summed E-state index contributed by atoms with van der Waals surface area (Å²) in [6.07, 6.45) is -4.78. The van der Waals surface area contributed by atoms with Gasteiger partial charge in [0.1, 0.15) is 5.69 Å². The van der Waals surface area contributed by atoms with Gasteiger partial charge in [0.2, 0.25) is 5.91 Å². The summed E-state index contributed by atoms with van der Waals surface area (Å²) in [5, 5.41) is 10.6. The molecular weight excluding hydrogens is 363 g/mol. The maximum absolute atomic E-state index is 12.9. The minimum absolute atomic E-state index is 0.0274. The monoisotopic (exact) mass is 379 g/mol. The summed E-state index contributed by atoms with van der Waals surface area (Å²) in [5.74, 6) is -0.194. The van der Waals surface area contributed by atoms with Crippen LogP contribution in [-0.2, 0) is 11.0 Å². The maximum Gasteiger partial charge on any atom is 0.418 e. The summed E-state index contributed by atoms with van der Waals surface area (Å²) in [5.41, 5.74) is -1.86. The molecule has 138 valence electrons. The molecule has 1 aliphatic rings. The van der Waals surface area contributed by atoms with Gasteiger partial charge in [-0.2, -0.15) is 13.2 Å². The van der Waals surface area contributed by atoms with Gasteiger partial charge in [-0.3, -0.25) is 14.9 Å². The van der Waals surface area contributed by atoms with E-state index in [-0.39, 0.29) is 30.6 Å². The van der Waals surface area contributed by atoms with Crippen molar-refractivity contribution in [3.8, 4) is 0 Å². The highest BCUT2D eigenvalue weighted by molar-refractivity contribution is 6.31. The Morgan fingerprint density at radius 1 is 1.24 bits per heavy atom. The van der Waals surface area contributed by atoms with Gasteiger partial charge in [-0.15, -0.1) is 0 Å². The van der Waals surface area contributed by atoms with E-state index >= 15 is 0 Å². The molecule has 2 rings (SSSR count). The zero-order valence-electron chi connectivity index (χ0n) is 13.6. The molecule has 0 unspecified atom stereocenters. The molecule has 25 heavy (non-hydrogen) atoms. The highest BCUT2D eigenvalue weighted by Crippen LogP contribution is 2.41. The summed E-state index contributed by atoms with van der Waals surface area (Å²) in [4.78, 5) is 25.6. The smallest absolute Gasteiger partial charge is 0.362 e. The molecule has 0 aromatic heterocycles. The average Bonchev–Trinajstić information content (AvgIpc) is 2.52. The van der Waals surface area contributed by atoms with Crippen molar-refractivity contribution < 1.29 is 22.9 Å². The number of hydrogen-bond donors (Lipinski definition) is 0. The fourth-order valence-electron chi connectivity index (χ4n) is 2.70. The van der Waals surface area contributed by atoms with E-state index in [2.05, 4.69) is 0 Å². The Bertz CT molecular complexity index is 687. The number of carbonyl (C=O) groups excluding carboxylic acids is 1. The zero-order valence-corrected chi connectivity index (χ0v) is 14.4. The summed E-state index contributed by atoms with van der Waals surface area (Å²) >= 11 is 5.70. The molecule has 1 saturated heterocycles. The van der Waals surface area contributed by atoms with Crippen LogP contribution in [0.1, 0.15) is 19.4 Å². The SMILES string of the molecule is CC(C)C(=O)N1CCN(c2cc(Cl)c(C(F)(F)F)cc2[N+](=O)[O-])CC1. The van der Waals surface area contributed by atoms with Crippen LogP contribution in [0.15, 0.2) is 12.1 Å². The number of alkyl halides is 3. The fraction of sp³-hybridized carbons (Fsp3) is 0.533. The van der Waals surface area contributed by atoms with Gasteiger partial charge in [-0.05, 0) is 6.07 Å². The van der Waals surface area contributed by atoms with Crippen LogP contribution in [0.5, 0.6) is 0 Å². The van der Waals surface area contributed by atoms with Gasteiger partial charge in [0.05, 0.1) is 15.5 Å². The molecule has 10 heteroatoms. The number of nitro benzene ring substituents is 1. The Labute approximate surface area is 147 Å². The molecule has 1 amide bonds. The number of amides is 1. The third-order valence-corrected chi connectivity index (χ3v) is 4.30. The van der Waals surface area contributed by atoms with Crippen molar-refractivity contribution in [2.75, 3.05) is 31.1 Å². The highest BCUT2D eigenvalue weighted by Gasteiger charge is 2.37. The Morgan fingerprint density at radius 3 is 2.24 bits per heavy atom. The van der Waals surface area contributed by atoms with Crippen molar-refractivity contribution in [3.05, 3.63) is 32.8 Å². The number of rotatable bonds is 3. The van der Waals surface area contributed by atoms with Crippen LogP contribution in [0.3, 0.4) is 0 Å². The number of nitro groups is 1. The van der Waals surface area contributed by atoms with E-state index in [1.54, 1.807) is 23.6 Å². The van der Waals surface area contributed by atoms with Gasteiger partial charge in [0.25, 0.3) is 5.69 Å². The predicted molar refractivity (Wildman–Crippen MR) is 86.7 cm³/mol. The molecule has 0 N–H and O–H groups in total. The Hall–Kier alpha value is -2.03. The van der Waals surface area contributed by atoms with Gasteiger partial charge in [-0.1, -0.05) is 25.4 Å². The first-order valence-corrected chi connectivity index (χ1v) is 7.99. The number of anilines is 1. The maximum atomic E-state index is 12.9. The lowest BCUT2D eigenvalue weighted by Crippen LogP contribution is -2.50. The van der Waals surface area contributed by atoms with E-state index in [9.17, 15) is 28.1 Å². The molecule has 0 saturated carbocycles. The molecular formula is C15H17ClF3N3O3. The molecule has 1 heterocycles. The van der Waals surface area contributed by atoms with E-state index in [1.165, 1.54) is 0 Å². The van der Waals surface area contributed by atoms with Crippen molar-refractivity contribution in [3.63, 3.8) is 0 Å². The van der Waals surface area contributed by atoms with Gasteiger partial charge < -0.3 is 9.80 Å². The third-order valence-electron chi connectivity index (χ3n) is 3.99. The van der Waals surface area contributed by atoms with Crippen molar-refractivity contribution in [2.24, 2.45) is 5.92 Å². The molecule has 1 aliphatic heterocycles. The molecule has 1 aromatic carbocycles. The number of benzene rings is 1. The van der Waals surface area contributed by atoms with E-state index in [0.717, 1.165) is 6.07 Å². The summed E-state index contributed by atoms with van der Waals surface area (Å²) < 4.78 is 38.8. The molecule has 1 fully saturated rings. The normalized spacial score (nSPS) is 15.6. The van der Waals surface area contributed by atoms with Crippen LogP contribution in [0.4, 0.5) is 24.5 Å². The second-order valence-electron chi connectivity index (χ2n) is 6.04. The summed E-state index contributed by atoms with van der Waals surface area (Å²) in [6, 6.07) is 1.44. The van der Waals surface area contributed by atoms with Gasteiger partial charge >= 0.3 is 6.18 Å². The number of carbonyl (C=O) groups is 1. The fourth-order valence-corrected chi connectivity index (χ4v) is 2.97. The zero-order chi connectivity index (χ0) is 18.9. The van der Waals surface area contributed by atoms with Crippen LogP contribution < -0.4 is 4.90 Å². The highest BCUT2D eigenvalue weighted by atomic mass is 35.5. The Kier molecular flexibility index (Phi) is 5.46.